The molecule has 0 spiro atoms. The molecule has 2 fully saturated rings. The number of benzene rings is 1. The lowest BCUT2D eigenvalue weighted by Gasteiger charge is -2.38. The second-order valence-corrected chi connectivity index (χ2v) is 11.2. The smallest absolute Gasteiger partial charge is 0.243 e. The second-order valence-electron chi connectivity index (χ2n) is 9.24. The summed E-state index contributed by atoms with van der Waals surface area (Å²) >= 11 is 0. The summed E-state index contributed by atoms with van der Waals surface area (Å²) in [4.78, 5) is 15.8. The summed E-state index contributed by atoms with van der Waals surface area (Å²) in [6.07, 6.45) is 9.01. The van der Waals surface area contributed by atoms with Crippen LogP contribution in [0.15, 0.2) is 23.1 Å². The minimum Gasteiger partial charge on any atom is -0.337 e. The lowest BCUT2D eigenvalue weighted by molar-refractivity contribution is -0.141. The topological polar surface area (TPSA) is 57.7 Å². The Balaban J connectivity index is 1.42. The van der Waals surface area contributed by atoms with Crippen molar-refractivity contribution in [3.63, 3.8) is 0 Å². The van der Waals surface area contributed by atoms with Crippen molar-refractivity contribution >= 4 is 15.9 Å². The van der Waals surface area contributed by atoms with Crippen molar-refractivity contribution in [2.24, 2.45) is 5.92 Å². The third-order valence-corrected chi connectivity index (χ3v) is 8.93. The molecule has 3 aliphatic rings. The highest BCUT2D eigenvalue weighted by Gasteiger charge is 2.37. The number of piperidine rings is 1. The Bertz CT molecular complexity index is 851. The van der Waals surface area contributed by atoms with Crippen LogP contribution in [-0.4, -0.2) is 48.7 Å². The van der Waals surface area contributed by atoms with E-state index in [9.17, 15) is 13.2 Å². The standard InChI is InChI=1S/C23H34N2O3S/c1-17(2)25(21-8-3-4-9-21)23(26)19-12-14-24(15-13-19)29(27,28)22-11-10-18-6-5-7-20(18)16-22/h10-11,16-17,19,21H,3-9,12-15H2,1-2H3. The minimum absolute atomic E-state index is 0.0514. The summed E-state index contributed by atoms with van der Waals surface area (Å²) < 4.78 is 27.9. The quantitative estimate of drug-likeness (QED) is 0.732. The van der Waals surface area contributed by atoms with Gasteiger partial charge >= 0.3 is 0 Å². The predicted octanol–water partition coefficient (Wildman–Crippen LogP) is 3.76. The first-order chi connectivity index (χ1) is 13.9. The van der Waals surface area contributed by atoms with Crippen molar-refractivity contribution in [1.82, 2.24) is 9.21 Å². The van der Waals surface area contributed by atoms with Gasteiger partial charge in [-0.1, -0.05) is 18.9 Å². The summed E-state index contributed by atoms with van der Waals surface area (Å²) in [5.74, 6) is 0.186. The first-order valence-electron chi connectivity index (χ1n) is 11.3. The lowest BCUT2D eigenvalue weighted by atomic mass is 9.95. The second kappa shape index (κ2) is 8.38. The van der Waals surface area contributed by atoms with Gasteiger partial charge < -0.3 is 4.90 Å². The van der Waals surface area contributed by atoms with Gasteiger partial charge in [0.05, 0.1) is 4.90 Å². The molecule has 0 unspecified atom stereocenters. The molecule has 160 valence electrons. The van der Waals surface area contributed by atoms with Crippen molar-refractivity contribution in [2.75, 3.05) is 13.1 Å². The maximum atomic E-state index is 13.2. The van der Waals surface area contributed by atoms with E-state index in [2.05, 4.69) is 18.7 Å². The molecule has 4 rings (SSSR count). The fourth-order valence-corrected chi connectivity index (χ4v) is 6.97. The highest BCUT2D eigenvalue weighted by atomic mass is 32.2. The van der Waals surface area contributed by atoms with Gasteiger partial charge in [0.15, 0.2) is 0 Å². The maximum absolute atomic E-state index is 13.2. The summed E-state index contributed by atoms with van der Waals surface area (Å²) in [6.45, 7) is 5.08. The molecule has 1 amide bonds. The molecule has 1 heterocycles. The Morgan fingerprint density at radius 1 is 1.00 bits per heavy atom. The Labute approximate surface area is 175 Å². The summed E-state index contributed by atoms with van der Waals surface area (Å²) in [5.41, 5.74) is 2.47. The molecule has 2 aliphatic carbocycles. The molecule has 1 aromatic rings. The zero-order valence-electron chi connectivity index (χ0n) is 17.8. The van der Waals surface area contributed by atoms with Crippen molar-refractivity contribution in [1.29, 1.82) is 0 Å². The molecule has 6 heteroatoms. The first kappa shape index (κ1) is 20.9. The monoisotopic (exact) mass is 418 g/mol. The highest BCUT2D eigenvalue weighted by Crippen LogP contribution is 2.31. The van der Waals surface area contributed by atoms with Gasteiger partial charge in [-0.05, 0) is 82.1 Å². The summed E-state index contributed by atoms with van der Waals surface area (Å²) in [6, 6.07) is 6.19. The SMILES string of the molecule is CC(C)N(C(=O)C1CCN(S(=O)(=O)c2ccc3c(c2)CCC3)CC1)C1CCCC1. The van der Waals surface area contributed by atoms with Crippen LogP contribution in [0, 0.1) is 5.92 Å². The molecule has 0 radical (unpaired) electrons. The third-order valence-electron chi connectivity index (χ3n) is 7.04. The Morgan fingerprint density at radius 3 is 2.31 bits per heavy atom. The molecule has 0 atom stereocenters. The van der Waals surface area contributed by atoms with Crippen LogP contribution in [0.1, 0.15) is 69.9 Å². The molecule has 1 aromatic carbocycles. The zero-order chi connectivity index (χ0) is 20.6. The van der Waals surface area contributed by atoms with Crippen molar-refractivity contribution in [3.05, 3.63) is 29.3 Å². The fraction of sp³-hybridized carbons (Fsp3) is 0.696. The molecule has 0 aromatic heterocycles. The van der Waals surface area contributed by atoms with Crippen LogP contribution in [0.4, 0.5) is 0 Å². The number of fused-ring (bicyclic) bond motifs is 1. The van der Waals surface area contributed by atoms with Gasteiger partial charge in [0.25, 0.3) is 0 Å². The van der Waals surface area contributed by atoms with Crippen LogP contribution in [0.5, 0.6) is 0 Å². The van der Waals surface area contributed by atoms with Crippen LogP contribution in [0.2, 0.25) is 0 Å². The Hall–Kier alpha value is -1.40. The van der Waals surface area contributed by atoms with Crippen LogP contribution < -0.4 is 0 Å². The lowest BCUT2D eigenvalue weighted by Crippen LogP contribution is -2.49. The number of aryl methyl sites for hydroxylation is 2. The molecule has 1 saturated heterocycles. The van der Waals surface area contributed by atoms with E-state index in [-0.39, 0.29) is 17.9 Å². The molecule has 1 aliphatic heterocycles. The van der Waals surface area contributed by atoms with Gasteiger partial charge in [0, 0.05) is 31.1 Å². The van der Waals surface area contributed by atoms with Gasteiger partial charge in [-0.15, -0.1) is 0 Å². The number of sulfonamides is 1. The number of nitrogens with zero attached hydrogens (tertiary/aromatic N) is 2. The van der Waals surface area contributed by atoms with E-state index < -0.39 is 10.0 Å². The van der Waals surface area contributed by atoms with E-state index in [0.29, 0.717) is 36.9 Å². The van der Waals surface area contributed by atoms with E-state index >= 15 is 0 Å². The zero-order valence-corrected chi connectivity index (χ0v) is 18.6. The Kier molecular flexibility index (Phi) is 6.03. The van der Waals surface area contributed by atoms with Crippen LogP contribution in [0.3, 0.4) is 0 Å². The van der Waals surface area contributed by atoms with Crippen molar-refractivity contribution in [2.45, 2.75) is 88.6 Å². The van der Waals surface area contributed by atoms with Crippen LogP contribution in [-0.2, 0) is 27.7 Å². The van der Waals surface area contributed by atoms with E-state index in [0.717, 1.165) is 32.1 Å². The molecule has 0 bridgehead atoms. The number of amides is 1. The molecule has 5 nitrogen and oxygen atoms in total. The van der Waals surface area contributed by atoms with E-state index in [1.165, 1.54) is 24.0 Å². The van der Waals surface area contributed by atoms with Gasteiger partial charge in [-0.2, -0.15) is 4.31 Å². The van der Waals surface area contributed by atoms with E-state index in [1.807, 2.05) is 12.1 Å². The van der Waals surface area contributed by atoms with Crippen molar-refractivity contribution in [3.8, 4) is 0 Å². The van der Waals surface area contributed by atoms with Crippen LogP contribution >= 0.6 is 0 Å². The number of rotatable bonds is 5. The first-order valence-corrected chi connectivity index (χ1v) is 12.8. The summed E-state index contributed by atoms with van der Waals surface area (Å²) in [7, 11) is -3.48. The number of hydrogen-bond acceptors (Lipinski definition) is 3. The number of carbonyl (C=O) groups is 1. The average molecular weight is 419 g/mol. The van der Waals surface area contributed by atoms with Crippen LogP contribution in [0.25, 0.3) is 0 Å². The van der Waals surface area contributed by atoms with E-state index in [1.54, 1.807) is 10.4 Å². The molecule has 29 heavy (non-hydrogen) atoms. The van der Waals surface area contributed by atoms with E-state index in [4.69, 9.17) is 0 Å². The van der Waals surface area contributed by atoms with Gasteiger partial charge in [-0.3, -0.25) is 4.79 Å². The van der Waals surface area contributed by atoms with Gasteiger partial charge in [0.2, 0.25) is 15.9 Å². The number of hydrogen-bond donors (Lipinski definition) is 0. The Morgan fingerprint density at radius 2 is 1.66 bits per heavy atom. The predicted molar refractivity (Wildman–Crippen MR) is 114 cm³/mol. The largest absolute Gasteiger partial charge is 0.337 e. The van der Waals surface area contributed by atoms with Crippen molar-refractivity contribution < 1.29 is 13.2 Å². The molecular formula is C23H34N2O3S. The van der Waals surface area contributed by atoms with Gasteiger partial charge in [-0.25, -0.2) is 8.42 Å². The van der Waals surface area contributed by atoms with Gasteiger partial charge in [0.1, 0.15) is 0 Å². The molecule has 1 saturated carbocycles. The fourth-order valence-electron chi connectivity index (χ4n) is 5.45. The number of carbonyl (C=O) groups excluding carboxylic acids is 1. The molecular weight excluding hydrogens is 384 g/mol. The normalized spacial score (nSPS) is 21.6. The third kappa shape index (κ3) is 4.11. The molecule has 0 N–H and O–H groups in total. The maximum Gasteiger partial charge on any atom is 0.243 e. The highest BCUT2D eigenvalue weighted by molar-refractivity contribution is 7.89. The average Bonchev–Trinajstić information content (AvgIpc) is 3.39. The minimum atomic E-state index is -3.48. The summed E-state index contributed by atoms with van der Waals surface area (Å²) in [5, 5.41) is 0.